The minimum atomic E-state index is -1.04. The lowest BCUT2D eigenvalue weighted by molar-refractivity contribution is 0.0697. The summed E-state index contributed by atoms with van der Waals surface area (Å²) in [7, 11) is 1.48. The Bertz CT molecular complexity index is 626. The molecule has 2 aromatic rings. The Morgan fingerprint density at radius 1 is 1.53 bits per heavy atom. The van der Waals surface area contributed by atoms with Gasteiger partial charge in [0.05, 0.1) is 17.9 Å². The third kappa shape index (κ3) is 2.69. The minimum absolute atomic E-state index is 0.130. The SMILES string of the molecule is COCc1nc(-c2cnc(C)nc2N)sc1C(=O)O. The number of aryl methyl sites for hydroxylation is 1. The van der Waals surface area contributed by atoms with Gasteiger partial charge in [0.1, 0.15) is 21.5 Å². The summed E-state index contributed by atoms with van der Waals surface area (Å²) in [6.45, 7) is 1.85. The third-order valence-corrected chi connectivity index (χ3v) is 3.46. The van der Waals surface area contributed by atoms with Gasteiger partial charge in [-0.25, -0.2) is 19.7 Å². The first-order valence-corrected chi connectivity index (χ1v) is 6.16. The van der Waals surface area contributed by atoms with Gasteiger partial charge in [0.15, 0.2) is 0 Å². The Balaban J connectivity index is 2.50. The second kappa shape index (κ2) is 5.29. The van der Waals surface area contributed by atoms with E-state index in [2.05, 4.69) is 15.0 Å². The van der Waals surface area contributed by atoms with E-state index >= 15 is 0 Å². The Morgan fingerprint density at radius 2 is 2.26 bits per heavy atom. The first-order valence-electron chi connectivity index (χ1n) is 5.34. The number of hydrogen-bond acceptors (Lipinski definition) is 7. The number of nitrogens with two attached hydrogens (primary N) is 1. The molecule has 0 fully saturated rings. The summed E-state index contributed by atoms with van der Waals surface area (Å²) < 4.78 is 4.94. The molecule has 3 N–H and O–H groups in total. The van der Waals surface area contributed by atoms with E-state index in [1.54, 1.807) is 13.1 Å². The molecule has 0 saturated carbocycles. The largest absolute Gasteiger partial charge is 0.477 e. The number of aromatic carboxylic acids is 1. The summed E-state index contributed by atoms with van der Waals surface area (Å²) >= 11 is 1.03. The zero-order valence-electron chi connectivity index (χ0n) is 10.4. The zero-order chi connectivity index (χ0) is 14.0. The molecule has 0 saturated heterocycles. The predicted octanol–water partition coefficient (Wildman–Crippen LogP) is 1.34. The van der Waals surface area contributed by atoms with Crippen molar-refractivity contribution < 1.29 is 14.6 Å². The number of carbonyl (C=O) groups is 1. The number of thiazole rings is 1. The average molecular weight is 280 g/mol. The van der Waals surface area contributed by atoms with Crippen LogP contribution in [0.25, 0.3) is 10.6 Å². The molecule has 7 nitrogen and oxygen atoms in total. The molecule has 0 aromatic carbocycles. The first kappa shape index (κ1) is 13.4. The second-order valence-electron chi connectivity index (χ2n) is 3.75. The molecule has 8 heteroatoms. The Hall–Kier alpha value is -2.06. The highest BCUT2D eigenvalue weighted by Crippen LogP contribution is 2.31. The second-order valence-corrected chi connectivity index (χ2v) is 4.75. The van der Waals surface area contributed by atoms with Crippen molar-refractivity contribution in [1.29, 1.82) is 0 Å². The molecule has 0 aliphatic rings. The van der Waals surface area contributed by atoms with Crippen molar-refractivity contribution in [2.75, 3.05) is 12.8 Å². The lowest BCUT2D eigenvalue weighted by atomic mass is 10.3. The van der Waals surface area contributed by atoms with Gasteiger partial charge in [-0.15, -0.1) is 11.3 Å². The van der Waals surface area contributed by atoms with Gasteiger partial charge >= 0.3 is 5.97 Å². The number of ether oxygens (including phenoxy) is 1. The lowest BCUT2D eigenvalue weighted by Crippen LogP contribution is -2.00. The summed E-state index contributed by atoms with van der Waals surface area (Å²) in [4.78, 5) is 23.6. The molecular formula is C11H12N4O3S. The van der Waals surface area contributed by atoms with E-state index < -0.39 is 5.97 Å². The molecular weight excluding hydrogens is 268 g/mol. The van der Waals surface area contributed by atoms with Crippen LogP contribution in [0, 0.1) is 6.92 Å². The van der Waals surface area contributed by atoms with Crippen molar-refractivity contribution in [1.82, 2.24) is 15.0 Å². The molecule has 0 bridgehead atoms. The van der Waals surface area contributed by atoms with Crippen molar-refractivity contribution in [3.8, 4) is 10.6 Å². The molecule has 2 aromatic heterocycles. The van der Waals surface area contributed by atoms with Gasteiger partial charge in [0.25, 0.3) is 0 Å². The van der Waals surface area contributed by atoms with Crippen LogP contribution >= 0.6 is 11.3 Å². The van der Waals surface area contributed by atoms with Gasteiger partial charge in [-0.05, 0) is 6.92 Å². The van der Waals surface area contributed by atoms with Gasteiger partial charge in [0.2, 0.25) is 0 Å². The smallest absolute Gasteiger partial charge is 0.347 e. The maximum absolute atomic E-state index is 11.1. The van der Waals surface area contributed by atoms with Crippen LogP contribution in [0.4, 0.5) is 5.82 Å². The topological polar surface area (TPSA) is 111 Å². The highest BCUT2D eigenvalue weighted by Gasteiger charge is 2.19. The monoisotopic (exact) mass is 280 g/mol. The summed E-state index contributed by atoms with van der Waals surface area (Å²) in [5.74, 6) is -0.210. The molecule has 2 rings (SSSR count). The van der Waals surface area contributed by atoms with Gasteiger partial charge in [-0.3, -0.25) is 0 Å². The normalized spacial score (nSPS) is 10.6. The summed E-state index contributed by atoms with van der Waals surface area (Å²) in [6.07, 6.45) is 1.54. The van der Waals surface area contributed by atoms with Crippen molar-refractivity contribution in [3.05, 3.63) is 22.6 Å². The van der Waals surface area contributed by atoms with Gasteiger partial charge in [-0.1, -0.05) is 0 Å². The molecule has 2 heterocycles. The predicted molar refractivity (Wildman–Crippen MR) is 70.0 cm³/mol. The van der Waals surface area contributed by atoms with Crippen LogP contribution in [-0.2, 0) is 11.3 Å². The highest BCUT2D eigenvalue weighted by molar-refractivity contribution is 7.17. The molecule has 0 atom stereocenters. The van der Waals surface area contributed by atoms with Crippen molar-refractivity contribution in [2.45, 2.75) is 13.5 Å². The fourth-order valence-corrected chi connectivity index (χ4v) is 2.45. The zero-order valence-corrected chi connectivity index (χ0v) is 11.2. The Morgan fingerprint density at radius 3 is 2.84 bits per heavy atom. The standard InChI is InChI=1S/C11H12N4O3S/c1-5-13-3-6(9(12)14-5)10-15-7(4-18-2)8(19-10)11(16)17/h3H,4H2,1-2H3,(H,16,17)(H2,12,13,14). The number of anilines is 1. The van der Waals surface area contributed by atoms with Crippen LogP contribution in [0.3, 0.4) is 0 Å². The van der Waals surface area contributed by atoms with E-state index in [0.29, 0.717) is 22.1 Å². The fourth-order valence-electron chi connectivity index (χ4n) is 1.52. The van der Waals surface area contributed by atoms with Gasteiger partial charge in [0, 0.05) is 13.3 Å². The van der Waals surface area contributed by atoms with Crippen LogP contribution in [0.15, 0.2) is 6.20 Å². The molecule has 0 spiro atoms. The van der Waals surface area contributed by atoms with E-state index in [1.807, 2.05) is 0 Å². The molecule has 0 radical (unpaired) electrons. The number of carboxylic acids is 1. The lowest BCUT2D eigenvalue weighted by Gasteiger charge is -2.00. The van der Waals surface area contributed by atoms with Crippen LogP contribution in [0.5, 0.6) is 0 Å². The van der Waals surface area contributed by atoms with Crippen molar-refractivity contribution in [2.24, 2.45) is 0 Å². The number of aromatic nitrogens is 3. The average Bonchev–Trinajstić information content (AvgIpc) is 2.73. The van der Waals surface area contributed by atoms with Crippen LogP contribution in [0.1, 0.15) is 21.2 Å². The van der Waals surface area contributed by atoms with Gasteiger partial charge in [-0.2, -0.15) is 0 Å². The molecule has 0 amide bonds. The number of methoxy groups -OCH3 is 1. The summed E-state index contributed by atoms with van der Waals surface area (Å²) in [5, 5.41) is 9.59. The molecule has 0 aliphatic heterocycles. The Kier molecular flexibility index (Phi) is 3.72. The van der Waals surface area contributed by atoms with Crippen molar-refractivity contribution >= 4 is 23.1 Å². The Labute approximate surface area is 113 Å². The molecule has 0 aliphatic carbocycles. The molecule has 0 unspecified atom stereocenters. The van der Waals surface area contributed by atoms with Crippen LogP contribution in [0.2, 0.25) is 0 Å². The van der Waals surface area contributed by atoms with E-state index in [-0.39, 0.29) is 17.3 Å². The van der Waals surface area contributed by atoms with Crippen LogP contribution in [-0.4, -0.2) is 33.1 Å². The number of nitrogen functional groups attached to an aromatic ring is 1. The highest BCUT2D eigenvalue weighted by atomic mass is 32.1. The van der Waals surface area contributed by atoms with E-state index in [1.165, 1.54) is 7.11 Å². The maximum atomic E-state index is 11.1. The third-order valence-electron chi connectivity index (χ3n) is 2.34. The van der Waals surface area contributed by atoms with Gasteiger partial charge < -0.3 is 15.6 Å². The number of nitrogens with zero attached hydrogens (tertiary/aromatic N) is 3. The van der Waals surface area contributed by atoms with E-state index in [0.717, 1.165) is 11.3 Å². The number of carboxylic acid groups (broad SMARTS) is 1. The van der Waals surface area contributed by atoms with Crippen LogP contribution < -0.4 is 5.73 Å². The number of hydrogen-bond donors (Lipinski definition) is 2. The minimum Gasteiger partial charge on any atom is -0.477 e. The van der Waals surface area contributed by atoms with E-state index in [9.17, 15) is 4.79 Å². The molecule has 100 valence electrons. The summed E-state index contributed by atoms with van der Waals surface area (Å²) in [5.41, 5.74) is 6.70. The van der Waals surface area contributed by atoms with E-state index in [4.69, 9.17) is 15.6 Å². The fraction of sp³-hybridized carbons (Fsp3) is 0.273. The maximum Gasteiger partial charge on any atom is 0.347 e. The number of rotatable bonds is 4. The molecule has 19 heavy (non-hydrogen) atoms. The quantitative estimate of drug-likeness (QED) is 0.869. The summed E-state index contributed by atoms with van der Waals surface area (Å²) in [6, 6.07) is 0. The van der Waals surface area contributed by atoms with Crippen molar-refractivity contribution in [3.63, 3.8) is 0 Å². The first-order chi connectivity index (χ1) is 9.02.